The summed E-state index contributed by atoms with van der Waals surface area (Å²) >= 11 is 5.84. The van der Waals surface area contributed by atoms with Crippen LogP contribution in [0.2, 0.25) is 5.02 Å². The number of amides is 1. The monoisotopic (exact) mass is 252 g/mol. The molecule has 0 saturated heterocycles. The number of ether oxygens (including phenoxy) is 1. The SMILES string of the molecule is COC(=O)c1ccc(Cl)c(NC(=O)CC#N)c1. The number of carbonyl (C=O) groups excluding carboxylic acids is 2. The predicted octanol–water partition coefficient (Wildman–Crippen LogP) is 1.98. The first-order valence-electron chi connectivity index (χ1n) is 4.63. The maximum atomic E-state index is 11.3. The molecule has 5 nitrogen and oxygen atoms in total. The summed E-state index contributed by atoms with van der Waals surface area (Å²) in [6, 6.07) is 6.05. The van der Waals surface area contributed by atoms with Gasteiger partial charge in [0.05, 0.1) is 29.5 Å². The van der Waals surface area contributed by atoms with Gasteiger partial charge in [-0.1, -0.05) is 11.6 Å². The van der Waals surface area contributed by atoms with Crippen molar-refractivity contribution in [2.45, 2.75) is 6.42 Å². The van der Waals surface area contributed by atoms with Crippen LogP contribution >= 0.6 is 11.6 Å². The van der Waals surface area contributed by atoms with E-state index in [4.69, 9.17) is 16.9 Å². The van der Waals surface area contributed by atoms with Gasteiger partial charge in [-0.25, -0.2) is 4.79 Å². The van der Waals surface area contributed by atoms with E-state index < -0.39 is 11.9 Å². The molecule has 1 rings (SSSR count). The summed E-state index contributed by atoms with van der Waals surface area (Å²) in [5, 5.41) is 11.1. The van der Waals surface area contributed by atoms with E-state index in [1.807, 2.05) is 0 Å². The maximum Gasteiger partial charge on any atom is 0.337 e. The van der Waals surface area contributed by atoms with Crippen molar-refractivity contribution in [3.05, 3.63) is 28.8 Å². The largest absolute Gasteiger partial charge is 0.465 e. The fraction of sp³-hybridized carbons (Fsp3) is 0.182. The summed E-state index contributed by atoms with van der Waals surface area (Å²) in [5.74, 6) is -1.02. The maximum absolute atomic E-state index is 11.3. The molecule has 0 spiro atoms. The lowest BCUT2D eigenvalue weighted by molar-refractivity contribution is -0.115. The number of hydrogen-bond donors (Lipinski definition) is 1. The second-order valence-corrected chi connectivity index (χ2v) is 3.48. The Labute approximate surface area is 103 Å². The van der Waals surface area contributed by atoms with Crippen LogP contribution in [0.15, 0.2) is 18.2 Å². The van der Waals surface area contributed by atoms with Crippen molar-refractivity contribution in [1.29, 1.82) is 5.26 Å². The molecule has 6 heteroatoms. The minimum absolute atomic E-state index is 0.268. The molecule has 0 atom stereocenters. The molecule has 88 valence electrons. The third-order valence-corrected chi connectivity index (χ3v) is 2.23. The molecule has 0 aliphatic carbocycles. The minimum atomic E-state index is -0.530. The Bertz CT molecular complexity index is 494. The van der Waals surface area contributed by atoms with Gasteiger partial charge < -0.3 is 10.1 Å². The molecule has 1 amide bonds. The number of hydrogen-bond acceptors (Lipinski definition) is 4. The van der Waals surface area contributed by atoms with Crippen molar-refractivity contribution >= 4 is 29.2 Å². The Kier molecular flexibility index (Phi) is 4.49. The highest BCUT2D eigenvalue weighted by atomic mass is 35.5. The highest BCUT2D eigenvalue weighted by molar-refractivity contribution is 6.33. The molecule has 0 saturated carbocycles. The lowest BCUT2D eigenvalue weighted by Crippen LogP contribution is -2.11. The van der Waals surface area contributed by atoms with Crippen molar-refractivity contribution in [3.8, 4) is 6.07 Å². The van der Waals surface area contributed by atoms with Gasteiger partial charge in [-0.2, -0.15) is 5.26 Å². The molecule has 0 fully saturated rings. The quantitative estimate of drug-likeness (QED) is 0.834. The Morgan fingerprint density at radius 3 is 2.82 bits per heavy atom. The number of benzene rings is 1. The highest BCUT2D eigenvalue weighted by Crippen LogP contribution is 2.23. The fourth-order valence-corrected chi connectivity index (χ4v) is 1.30. The van der Waals surface area contributed by atoms with Crippen LogP contribution in [0.3, 0.4) is 0 Å². The molecule has 0 aliphatic heterocycles. The van der Waals surface area contributed by atoms with E-state index in [9.17, 15) is 9.59 Å². The first-order valence-corrected chi connectivity index (χ1v) is 5.01. The predicted molar refractivity (Wildman–Crippen MR) is 61.7 cm³/mol. The first-order chi connectivity index (χ1) is 8.08. The number of nitrogens with one attached hydrogen (secondary N) is 1. The summed E-state index contributed by atoms with van der Waals surface area (Å²) in [6.45, 7) is 0. The number of anilines is 1. The lowest BCUT2D eigenvalue weighted by atomic mass is 10.2. The van der Waals surface area contributed by atoms with E-state index in [0.717, 1.165) is 0 Å². The molecule has 17 heavy (non-hydrogen) atoms. The molecule has 1 aromatic carbocycles. The molecule has 0 aromatic heterocycles. The van der Waals surface area contributed by atoms with Gasteiger partial charge in [-0.3, -0.25) is 4.79 Å². The van der Waals surface area contributed by atoms with Gasteiger partial charge in [0.25, 0.3) is 0 Å². The molecule has 0 aliphatic rings. The van der Waals surface area contributed by atoms with Gasteiger partial charge in [0.2, 0.25) is 5.91 Å². The van der Waals surface area contributed by atoms with Crippen molar-refractivity contribution in [3.63, 3.8) is 0 Å². The van der Waals surface area contributed by atoms with Gasteiger partial charge in [-0.15, -0.1) is 0 Å². The number of carbonyl (C=O) groups is 2. The highest BCUT2D eigenvalue weighted by Gasteiger charge is 2.10. The molecule has 0 radical (unpaired) electrons. The smallest absolute Gasteiger partial charge is 0.337 e. The van der Waals surface area contributed by atoms with E-state index in [1.165, 1.54) is 25.3 Å². The van der Waals surface area contributed by atoms with E-state index >= 15 is 0 Å². The van der Waals surface area contributed by atoms with E-state index in [-0.39, 0.29) is 22.7 Å². The van der Waals surface area contributed by atoms with Crippen molar-refractivity contribution in [2.24, 2.45) is 0 Å². The second-order valence-electron chi connectivity index (χ2n) is 3.07. The van der Waals surface area contributed by atoms with E-state index in [1.54, 1.807) is 6.07 Å². The van der Waals surface area contributed by atoms with Crippen molar-refractivity contribution < 1.29 is 14.3 Å². The molecule has 1 N–H and O–H groups in total. The summed E-state index contributed by atoms with van der Waals surface area (Å²) in [5.41, 5.74) is 0.541. The standard InChI is InChI=1S/C11H9ClN2O3/c1-17-11(16)7-2-3-8(12)9(6-7)14-10(15)4-5-13/h2-3,6H,4H2,1H3,(H,14,15). The zero-order valence-corrected chi connectivity index (χ0v) is 9.75. The van der Waals surface area contributed by atoms with Crippen LogP contribution in [-0.4, -0.2) is 19.0 Å². The molecule has 0 heterocycles. The molecular weight excluding hydrogens is 244 g/mol. The van der Waals surface area contributed by atoms with Crippen molar-refractivity contribution in [1.82, 2.24) is 0 Å². The normalized spacial score (nSPS) is 9.24. The van der Waals surface area contributed by atoms with Crippen LogP contribution in [0, 0.1) is 11.3 Å². The van der Waals surface area contributed by atoms with Gasteiger partial charge in [0.1, 0.15) is 6.42 Å². The molecular formula is C11H9ClN2O3. The Morgan fingerprint density at radius 1 is 1.53 bits per heavy atom. The van der Waals surface area contributed by atoms with Gasteiger partial charge >= 0.3 is 5.97 Å². The Morgan fingerprint density at radius 2 is 2.24 bits per heavy atom. The first kappa shape index (κ1) is 13.0. The fourth-order valence-electron chi connectivity index (χ4n) is 1.13. The van der Waals surface area contributed by atoms with Crippen molar-refractivity contribution in [2.75, 3.05) is 12.4 Å². The second kappa shape index (κ2) is 5.87. The third kappa shape index (κ3) is 3.47. The van der Waals surface area contributed by atoms with E-state index in [2.05, 4.69) is 10.1 Å². The zero-order valence-electron chi connectivity index (χ0n) is 8.99. The average Bonchev–Trinajstić information content (AvgIpc) is 2.31. The summed E-state index contributed by atoms with van der Waals surface area (Å²) in [7, 11) is 1.25. The van der Waals surface area contributed by atoms with Crippen LogP contribution in [0.1, 0.15) is 16.8 Å². The molecule has 1 aromatic rings. The number of esters is 1. The lowest BCUT2D eigenvalue weighted by Gasteiger charge is -2.07. The van der Waals surface area contributed by atoms with Gasteiger partial charge in [-0.05, 0) is 18.2 Å². The van der Waals surface area contributed by atoms with Gasteiger partial charge in [0.15, 0.2) is 0 Å². The summed E-state index contributed by atoms with van der Waals surface area (Å²) in [6.07, 6.45) is -0.279. The Balaban J connectivity index is 2.95. The number of methoxy groups -OCH3 is 1. The van der Waals surface area contributed by atoms with Crippen LogP contribution in [0.5, 0.6) is 0 Å². The Hall–Kier alpha value is -2.06. The third-order valence-electron chi connectivity index (χ3n) is 1.90. The zero-order chi connectivity index (χ0) is 12.8. The topological polar surface area (TPSA) is 79.2 Å². The summed E-state index contributed by atoms with van der Waals surface area (Å²) in [4.78, 5) is 22.5. The van der Waals surface area contributed by atoms with Gasteiger partial charge in [0, 0.05) is 0 Å². The number of nitrogens with zero attached hydrogens (tertiary/aromatic N) is 1. The number of rotatable bonds is 3. The molecule has 0 bridgehead atoms. The van der Waals surface area contributed by atoms with Crippen LogP contribution in [-0.2, 0) is 9.53 Å². The summed E-state index contributed by atoms with van der Waals surface area (Å²) < 4.78 is 4.54. The van der Waals surface area contributed by atoms with Crippen LogP contribution in [0.25, 0.3) is 0 Å². The average molecular weight is 253 g/mol. The number of nitriles is 1. The minimum Gasteiger partial charge on any atom is -0.465 e. The van der Waals surface area contributed by atoms with E-state index in [0.29, 0.717) is 0 Å². The van der Waals surface area contributed by atoms with Crippen LogP contribution in [0.4, 0.5) is 5.69 Å². The van der Waals surface area contributed by atoms with Crippen LogP contribution < -0.4 is 5.32 Å². The molecule has 0 unspecified atom stereocenters. The number of halogens is 1.